The summed E-state index contributed by atoms with van der Waals surface area (Å²) in [4.78, 5) is 14.4. The van der Waals surface area contributed by atoms with Gasteiger partial charge in [0.1, 0.15) is 5.75 Å². The Morgan fingerprint density at radius 1 is 1.15 bits per heavy atom. The Hall–Kier alpha value is -2.92. The van der Waals surface area contributed by atoms with Gasteiger partial charge in [0.25, 0.3) is 5.91 Å². The zero-order valence-electron chi connectivity index (χ0n) is 15.3. The predicted octanol–water partition coefficient (Wildman–Crippen LogP) is 5.06. The summed E-state index contributed by atoms with van der Waals surface area (Å²) in [6, 6.07) is 19.5. The molecule has 1 aliphatic heterocycles. The summed E-state index contributed by atoms with van der Waals surface area (Å²) in [6.45, 7) is 2.06. The van der Waals surface area contributed by atoms with Gasteiger partial charge in [-0.25, -0.2) is 5.01 Å². The van der Waals surface area contributed by atoms with Gasteiger partial charge in [-0.1, -0.05) is 42.0 Å². The number of hydrogen-bond donors (Lipinski definition) is 0. The standard InChI is InChI=1S/C22H20N2O2S/c1-15-8-10-16(11-9-15)19-14-20(21-7-4-12-27-21)24(23-19)22(25)17-5-3-6-18(13-17)26-2/h3-13,20H,14H2,1-2H3/t20-/m1/s1. The first-order valence-electron chi connectivity index (χ1n) is 8.81. The van der Waals surface area contributed by atoms with Crippen LogP contribution in [0, 0.1) is 6.92 Å². The summed E-state index contributed by atoms with van der Waals surface area (Å²) in [5, 5.41) is 8.38. The van der Waals surface area contributed by atoms with E-state index in [-0.39, 0.29) is 11.9 Å². The smallest absolute Gasteiger partial charge is 0.274 e. The first-order chi connectivity index (χ1) is 13.2. The molecule has 4 nitrogen and oxygen atoms in total. The van der Waals surface area contributed by atoms with E-state index in [2.05, 4.69) is 37.3 Å². The number of amides is 1. The molecule has 4 rings (SSSR count). The molecule has 3 aromatic rings. The van der Waals surface area contributed by atoms with Crippen molar-refractivity contribution in [1.29, 1.82) is 0 Å². The van der Waals surface area contributed by atoms with Gasteiger partial charge in [0.15, 0.2) is 0 Å². The molecule has 1 aliphatic rings. The van der Waals surface area contributed by atoms with E-state index < -0.39 is 0 Å². The minimum atomic E-state index is -0.116. The van der Waals surface area contributed by atoms with Crippen LogP contribution in [0.4, 0.5) is 0 Å². The summed E-state index contributed by atoms with van der Waals surface area (Å²) in [5.74, 6) is 0.546. The molecule has 5 heteroatoms. The number of thiophene rings is 1. The maximum atomic E-state index is 13.2. The van der Waals surface area contributed by atoms with Gasteiger partial charge >= 0.3 is 0 Å². The second-order valence-electron chi connectivity index (χ2n) is 6.53. The Labute approximate surface area is 162 Å². The molecule has 136 valence electrons. The van der Waals surface area contributed by atoms with Gasteiger partial charge in [0.2, 0.25) is 0 Å². The average Bonchev–Trinajstić information content (AvgIpc) is 3.37. The van der Waals surface area contributed by atoms with Crippen LogP contribution in [0.1, 0.15) is 38.8 Å². The van der Waals surface area contributed by atoms with Gasteiger partial charge in [-0.15, -0.1) is 11.3 Å². The lowest BCUT2D eigenvalue weighted by atomic mass is 10.0. The highest BCUT2D eigenvalue weighted by molar-refractivity contribution is 7.10. The summed E-state index contributed by atoms with van der Waals surface area (Å²) in [7, 11) is 1.60. The number of ether oxygens (including phenoxy) is 1. The zero-order valence-corrected chi connectivity index (χ0v) is 16.1. The Morgan fingerprint density at radius 2 is 1.96 bits per heavy atom. The van der Waals surface area contributed by atoms with Crippen molar-refractivity contribution in [3.8, 4) is 5.75 Å². The van der Waals surface area contributed by atoms with Gasteiger partial charge in [-0.05, 0) is 42.1 Å². The lowest BCUT2D eigenvalue weighted by Crippen LogP contribution is -2.26. The molecular formula is C22H20N2O2S. The van der Waals surface area contributed by atoms with Crippen LogP contribution >= 0.6 is 11.3 Å². The van der Waals surface area contributed by atoms with E-state index in [9.17, 15) is 4.79 Å². The van der Waals surface area contributed by atoms with Crippen LogP contribution in [0.25, 0.3) is 0 Å². The molecule has 0 saturated heterocycles. The van der Waals surface area contributed by atoms with Crippen LogP contribution in [0.15, 0.2) is 71.1 Å². The molecular weight excluding hydrogens is 356 g/mol. The normalized spacial score (nSPS) is 16.3. The Bertz CT molecular complexity index is 978. The maximum Gasteiger partial charge on any atom is 0.274 e. The number of hydrazone groups is 1. The molecule has 0 aliphatic carbocycles. The number of rotatable bonds is 4. The summed E-state index contributed by atoms with van der Waals surface area (Å²) >= 11 is 1.65. The summed E-state index contributed by atoms with van der Waals surface area (Å²) in [6.07, 6.45) is 0.708. The van der Waals surface area contributed by atoms with Crippen molar-refractivity contribution in [2.24, 2.45) is 5.10 Å². The van der Waals surface area contributed by atoms with Crippen LogP contribution in [-0.2, 0) is 0 Å². The topological polar surface area (TPSA) is 41.9 Å². The number of methoxy groups -OCH3 is 1. The highest BCUT2D eigenvalue weighted by Gasteiger charge is 2.34. The second kappa shape index (κ2) is 7.37. The third kappa shape index (κ3) is 3.51. The molecule has 0 N–H and O–H groups in total. The molecule has 0 unspecified atom stereocenters. The van der Waals surface area contributed by atoms with Crippen LogP contribution in [0.3, 0.4) is 0 Å². The molecule has 0 spiro atoms. The van der Waals surface area contributed by atoms with E-state index >= 15 is 0 Å². The van der Waals surface area contributed by atoms with Gasteiger partial charge in [-0.3, -0.25) is 4.79 Å². The summed E-state index contributed by atoms with van der Waals surface area (Å²) < 4.78 is 5.26. The van der Waals surface area contributed by atoms with Gasteiger partial charge in [0, 0.05) is 16.9 Å². The molecule has 2 heterocycles. The number of carbonyl (C=O) groups is 1. The Morgan fingerprint density at radius 3 is 2.67 bits per heavy atom. The van der Waals surface area contributed by atoms with Gasteiger partial charge in [-0.2, -0.15) is 5.10 Å². The van der Waals surface area contributed by atoms with Crippen molar-refractivity contribution in [1.82, 2.24) is 5.01 Å². The molecule has 1 atom stereocenters. The zero-order chi connectivity index (χ0) is 18.8. The largest absolute Gasteiger partial charge is 0.497 e. The number of nitrogens with zero attached hydrogens (tertiary/aromatic N) is 2. The molecule has 27 heavy (non-hydrogen) atoms. The molecule has 2 aromatic carbocycles. The number of carbonyl (C=O) groups excluding carboxylic acids is 1. The monoisotopic (exact) mass is 376 g/mol. The number of benzene rings is 2. The average molecular weight is 376 g/mol. The van der Waals surface area contributed by atoms with Crippen LogP contribution < -0.4 is 4.74 Å². The van der Waals surface area contributed by atoms with Crippen LogP contribution in [-0.4, -0.2) is 23.7 Å². The fourth-order valence-corrected chi connectivity index (χ4v) is 4.02. The van der Waals surface area contributed by atoms with Gasteiger partial charge in [0.05, 0.1) is 18.9 Å². The predicted molar refractivity (Wildman–Crippen MR) is 109 cm³/mol. The Balaban J connectivity index is 1.71. The van der Waals surface area contributed by atoms with Crippen molar-refractivity contribution in [2.75, 3.05) is 7.11 Å². The van der Waals surface area contributed by atoms with Crippen molar-refractivity contribution in [3.05, 3.63) is 87.6 Å². The molecule has 1 aromatic heterocycles. The van der Waals surface area contributed by atoms with Crippen LogP contribution in [0.2, 0.25) is 0 Å². The van der Waals surface area contributed by atoms with E-state index in [0.29, 0.717) is 17.7 Å². The molecule has 0 saturated carbocycles. The maximum absolute atomic E-state index is 13.2. The third-order valence-electron chi connectivity index (χ3n) is 4.69. The van der Waals surface area contributed by atoms with Crippen LogP contribution in [0.5, 0.6) is 5.75 Å². The number of hydrogen-bond acceptors (Lipinski definition) is 4. The van der Waals surface area contributed by atoms with E-state index in [1.807, 2.05) is 23.6 Å². The Kier molecular flexibility index (Phi) is 4.77. The highest BCUT2D eigenvalue weighted by atomic mass is 32.1. The van der Waals surface area contributed by atoms with E-state index in [4.69, 9.17) is 9.84 Å². The van der Waals surface area contributed by atoms with Gasteiger partial charge < -0.3 is 4.74 Å². The van der Waals surface area contributed by atoms with Crippen molar-refractivity contribution >= 4 is 23.0 Å². The highest BCUT2D eigenvalue weighted by Crippen LogP contribution is 2.36. The minimum absolute atomic E-state index is 0.0833. The van der Waals surface area contributed by atoms with Crippen molar-refractivity contribution in [3.63, 3.8) is 0 Å². The summed E-state index contributed by atoms with van der Waals surface area (Å²) in [5.41, 5.74) is 3.77. The fourth-order valence-electron chi connectivity index (χ4n) is 3.21. The quantitative estimate of drug-likeness (QED) is 0.639. The fraction of sp³-hybridized carbons (Fsp3) is 0.182. The molecule has 0 bridgehead atoms. The van der Waals surface area contributed by atoms with Crippen molar-refractivity contribution < 1.29 is 9.53 Å². The van der Waals surface area contributed by atoms with Crippen molar-refractivity contribution in [2.45, 2.75) is 19.4 Å². The van der Waals surface area contributed by atoms with E-state index in [0.717, 1.165) is 16.2 Å². The first-order valence-corrected chi connectivity index (χ1v) is 9.69. The lowest BCUT2D eigenvalue weighted by molar-refractivity contribution is 0.0713. The van der Waals surface area contributed by atoms with E-state index in [1.165, 1.54) is 5.56 Å². The third-order valence-corrected chi connectivity index (χ3v) is 5.67. The number of aryl methyl sites for hydroxylation is 1. The van der Waals surface area contributed by atoms with E-state index in [1.54, 1.807) is 35.6 Å². The minimum Gasteiger partial charge on any atom is -0.497 e. The molecule has 1 amide bonds. The SMILES string of the molecule is COc1cccc(C(=O)N2N=C(c3ccc(C)cc3)C[C@@H]2c2cccs2)c1. The molecule has 0 radical (unpaired) electrons. The second-order valence-corrected chi connectivity index (χ2v) is 7.51. The molecule has 0 fully saturated rings. The first kappa shape index (κ1) is 17.5. The lowest BCUT2D eigenvalue weighted by Gasteiger charge is -2.20.